The van der Waals surface area contributed by atoms with Gasteiger partial charge in [-0.25, -0.2) is 14.6 Å². The van der Waals surface area contributed by atoms with Gasteiger partial charge in [-0.2, -0.15) is 4.98 Å². The first-order valence-electron chi connectivity index (χ1n) is 15.2. The third-order valence-electron chi connectivity index (χ3n) is 9.09. The fourth-order valence-corrected chi connectivity index (χ4v) is 6.73. The van der Waals surface area contributed by atoms with E-state index in [0.717, 1.165) is 63.1 Å². The number of nitrogens with zero attached hydrogens (tertiary/aromatic N) is 5. The van der Waals surface area contributed by atoms with Gasteiger partial charge in [-0.1, -0.05) is 49.6 Å². The highest BCUT2D eigenvalue weighted by Gasteiger charge is 2.45. The number of aromatic nitrogens is 2. The van der Waals surface area contributed by atoms with E-state index >= 15 is 0 Å². The molecule has 42 heavy (non-hydrogen) atoms. The predicted molar refractivity (Wildman–Crippen MR) is 159 cm³/mol. The van der Waals surface area contributed by atoms with Crippen molar-refractivity contribution >= 4 is 12.0 Å². The monoisotopic (exact) mass is 569 g/mol. The summed E-state index contributed by atoms with van der Waals surface area (Å²) in [6, 6.07) is 17.9. The van der Waals surface area contributed by atoms with E-state index in [-0.39, 0.29) is 29.7 Å². The van der Waals surface area contributed by atoms with Gasteiger partial charge in [0.05, 0.1) is 11.6 Å². The Bertz CT molecular complexity index is 1390. The van der Waals surface area contributed by atoms with Gasteiger partial charge in [0.25, 0.3) is 0 Å². The lowest BCUT2D eigenvalue weighted by Crippen LogP contribution is -2.48. The Morgan fingerprint density at radius 3 is 2.33 bits per heavy atom. The van der Waals surface area contributed by atoms with Crippen molar-refractivity contribution in [3.05, 3.63) is 83.2 Å². The minimum absolute atomic E-state index is 0.112. The van der Waals surface area contributed by atoms with Crippen molar-refractivity contribution in [3.63, 3.8) is 0 Å². The van der Waals surface area contributed by atoms with E-state index in [9.17, 15) is 9.59 Å². The molecule has 1 aliphatic carbocycles. The third-order valence-corrected chi connectivity index (χ3v) is 9.09. The van der Waals surface area contributed by atoms with Crippen LogP contribution in [-0.4, -0.2) is 73.5 Å². The Kier molecular flexibility index (Phi) is 8.37. The fraction of sp³-hybridized carbons (Fsp3) is 0.455. The van der Waals surface area contributed by atoms with Gasteiger partial charge in [-0.05, 0) is 62.4 Å². The van der Waals surface area contributed by atoms with E-state index in [2.05, 4.69) is 48.9 Å². The van der Waals surface area contributed by atoms with Crippen LogP contribution in [0.4, 0.5) is 4.79 Å². The van der Waals surface area contributed by atoms with Crippen LogP contribution in [0.1, 0.15) is 78.2 Å². The van der Waals surface area contributed by atoms with Crippen LogP contribution < -0.4 is 4.74 Å². The molecule has 220 valence electrons. The van der Waals surface area contributed by atoms with Crippen LogP contribution in [0.15, 0.2) is 60.8 Å². The van der Waals surface area contributed by atoms with Crippen LogP contribution in [0.5, 0.6) is 11.8 Å². The quantitative estimate of drug-likeness (QED) is 0.353. The maximum absolute atomic E-state index is 13.9. The van der Waals surface area contributed by atoms with Crippen molar-refractivity contribution in [3.8, 4) is 11.8 Å². The predicted octanol–water partition coefficient (Wildman–Crippen LogP) is 6.05. The molecule has 0 unspecified atom stereocenters. The summed E-state index contributed by atoms with van der Waals surface area (Å²) in [6.07, 6.45) is 9.68. The maximum atomic E-state index is 13.9. The molecular formula is C33H39N5O4. The van der Waals surface area contributed by atoms with Crippen molar-refractivity contribution in [1.29, 1.82) is 0 Å². The van der Waals surface area contributed by atoms with Gasteiger partial charge in [-0.15, -0.1) is 0 Å². The molecule has 3 fully saturated rings. The van der Waals surface area contributed by atoms with E-state index in [1.165, 1.54) is 37.0 Å². The van der Waals surface area contributed by atoms with E-state index in [1.807, 2.05) is 19.2 Å². The summed E-state index contributed by atoms with van der Waals surface area (Å²) < 4.78 is 5.75. The number of likely N-dealkylation sites (tertiary alicyclic amines) is 1. The lowest BCUT2D eigenvalue weighted by molar-refractivity contribution is 0.0696. The number of urea groups is 1. The number of amides is 2. The van der Waals surface area contributed by atoms with E-state index in [0.29, 0.717) is 11.8 Å². The Balaban J connectivity index is 1.08. The summed E-state index contributed by atoms with van der Waals surface area (Å²) >= 11 is 0. The van der Waals surface area contributed by atoms with Gasteiger partial charge in [0.15, 0.2) is 0 Å². The number of ether oxygens (including phenoxy) is 1. The number of hydrogen-bond acceptors (Lipinski definition) is 6. The third kappa shape index (κ3) is 6.11. The molecule has 3 aliphatic rings. The summed E-state index contributed by atoms with van der Waals surface area (Å²) in [7, 11) is 0. The molecular weight excluding hydrogens is 530 g/mol. The second-order valence-corrected chi connectivity index (χ2v) is 11.8. The lowest BCUT2D eigenvalue weighted by Gasteiger charge is -2.39. The Morgan fingerprint density at radius 1 is 0.952 bits per heavy atom. The number of rotatable bonds is 8. The summed E-state index contributed by atoms with van der Waals surface area (Å²) in [5.74, 6) is -0.493. The number of carbonyl (C=O) groups is 2. The number of aromatic carboxylic acids is 1. The van der Waals surface area contributed by atoms with Crippen molar-refractivity contribution in [2.24, 2.45) is 0 Å². The van der Waals surface area contributed by atoms with Gasteiger partial charge in [0.2, 0.25) is 0 Å². The zero-order valence-electron chi connectivity index (χ0n) is 24.2. The molecule has 2 aromatic carbocycles. The molecule has 2 aliphatic heterocycles. The van der Waals surface area contributed by atoms with Crippen molar-refractivity contribution in [2.45, 2.75) is 76.5 Å². The topological polar surface area (TPSA) is 99.1 Å². The number of carboxylic acid groups (broad SMARTS) is 1. The number of carbonyl (C=O) groups excluding carboxylic acids is 1. The van der Waals surface area contributed by atoms with Gasteiger partial charge >= 0.3 is 18.0 Å². The second-order valence-electron chi connectivity index (χ2n) is 11.8. The maximum Gasteiger partial charge on any atom is 0.335 e. The molecule has 1 N–H and O–H groups in total. The summed E-state index contributed by atoms with van der Waals surface area (Å²) in [5.41, 5.74) is 3.33. The molecule has 3 aromatic rings. The minimum Gasteiger partial charge on any atom is -0.478 e. The van der Waals surface area contributed by atoms with Crippen molar-refractivity contribution < 1.29 is 19.4 Å². The zero-order valence-corrected chi connectivity index (χ0v) is 24.2. The Morgan fingerprint density at radius 2 is 1.67 bits per heavy atom. The van der Waals surface area contributed by atoms with Gasteiger partial charge in [0.1, 0.15) is 5.75 Å². The molecule has 0 spiro atoms. The number of aryl methyl sites for hydroxylation is 1. The van der Waals surface area contributed by atoms with Crippen molar-refractivity contribution in [1.82, 2.24) is 24.7 Å². The molecule has 6 rings (SSSR count). The molecule has 9 nitrogen and oxygen atoms in total. The van der Waals surface area contributed by atoms with E-state index in [1.54, 1.807) is 12.1 Å². The van der Waals surface area contributed by atoms with Crippen LogP contribution in [-0.2, 0) is 6.54 Å². The Hall–Kier alpha value is -3.98. The highest BCUT2D eigenvalue weighted by molar-refractivity contribution is 5.87. The van der Waals surface area contributed by atoms with Gasteiger partial charge < -0.3 is 19.6 Å². The van der Waals surface area contributed by atoms with Crippen LogP contribution in [0.25, 0.3) is 0 Å². The first kappa shape index (κ1) is 28.2. The smallest absolute Gasteiger partial charge is 0.335 e. The normalized spacial score (nSPS) is 20.7. The first-order chi connectivity index (χ1) is 20.5. The highest BCUT2D eigenvalue weighted by atomic mass is 16.5. The second kappa shape index (κ2) is 12.5. The molecule has 1 atom stereocenters. The molecule has 9 heteroatoms. The lowest BCUT2D eigenvalue weighted by atomic mass is 9.94. The fourth-order valence-electron chi connectivity index (χ4n) is 6.73. The molecule has 0 radical (unpaired) electrons. The average molecular weight is 570 g/mol. The van der Waals surface area contributed by atoms with Crippen LogP contribution in [0.3, 0.4) is 0 Å². The number of hydrogen-bond donors (Lipinski definition) is 1. The van der Waals surface area contributed by atoms with Crippen molar-refractivity contribution in [2.75, 3.05) is 19.6 Å². The van der Waals surface area contributed by atoms with E-state index < -0.39 is 5.97 Å². The first-order valence-corrected chi connectivity index (χ1v) is 15.2. The molecule has 0 bridgehead atoms. The Labute approximate surface area is 247 Å². The standard InChI is InChI=1S/C33H39N5O4/c1-23-26(20-34-32(35-23)42-29-14-12-25(13-15-29)31(39)40)21-36-18-16-28(17-19-36)38-30(24-8-4-2-5-9-24)22-37(33(38)41)27-10-6-3-7-11-27/h2,4-5,8-9,12-15,20,27-28,30H,3,6-7,10-11,16-19,21-22H2,1H3,(H,39,40)/t30-/m0/s1. The van der Waals surface area contributed by atoms with Crippen LogP contribution in [0, 0.1) is 6.92 Å². The zero-order chi connectivity index (χ0) is 29.1. The highest BCUT2D eigenvalue weighted by Crippen LogP contribution is 2.38. The molecule has 2 saturated heterocycles. The number of benzene rings is 2. The summed E-state index contributed by atoms with van der Waals surface area (Å²) in [4.78, 5) is 40.7. The molecule has 1 aromatic heterocycles. The largest absolute Gasteiger partial charge is 0.478 e. The van der Waals surface area contributed by atoms with Gasteiger partial charge in [0, 0.05) is 55.7 Å². The minimum atomic E-state index is -0.980. The number of carboxylic acids is 1. The SMILES string of the molecule is Cc1nc(Oc2ccc(C(=O)O)cc2)ncc1CN1CCC(N2C(=O)N(C3CCCCC3)C[C@H]2c2ccccc2)CC1. The number of piperidine rings is 1. The van der Waals surface area contributed by atoms with E-state index in [4.69, 9.17) is 9.84 Å². The van der Waals surface area contributed by atoms with Crippen LogP contribution >= 0.6 is 0 Å². The van der Waals surface area contributed by atoms with Crippen LogP contribution in [0.2, 0.25) is 0 Å². The average Bonchev–Trinajstić information content (AvgIpc) is 3.37. The summed E-state index contributed by atoms with van der Waals surface area (Å²) in [6.45, 7) is 5.32. The molecule has 3 heterocycles. The van der Waals surface area contributed by atoms with Gasteiger partial charge in [-0.3, -0.25) is 4.90 Å². The molecule has 2 amide bonds. The summed E-state index contributed by atoms with van der Waals surface area (Å²) in [5, 5.41) is 9.08. The molecule has 1 saturated carbocycles.